The van der Waals surface area contributed by atoms with Crippen molar-refractivity contribution >= 4 is 5.71 Å². The van der Waals surface area contributed by atoms with E-state index in [4.69, 9.17) is 11.1 Å². The zero-order valence-electron chi connectivity index (χ0n) is 9.27. The fraction of sp³-hybridized carbons (Fsp3) is 0.909. The zero-order chi connectivity index (χ0) is 10.3. The topological polar surface area (TPSA) is 49.9 Å². The molecule has 0 aromatic rings. The standard InChI is InChI=1S/C11H24N2/c1-9(2)7-5-4-6-8-11(13)10(3)12/h9-10,13H,4-8,12H2,1-3H3. The van der Waals surface area contributed by atoms with E-state index in [0.29, 0.717) is 5.71 Å². The van der Waals surface area contributed by atoms with Crippen LogP contribution in [0, 0.1) is 11.3 Å². The highest BCUT2D eigenvalue weighted by atomic mass is 14.7. The van der Waals surface area contributed by atoms with Crippen LogP contribution >= 0.6 is 0 Å². The second kappa shape index (κ2) is 7.07. The van der Waals surface area contributed by atoms with Crippen LogP contribution in [0.25, 0.3) is 0 Å². The molecule has 2 nitrogen and oxygen atoms in total. The number of rotatable bonds is 7. The van der Waals surface area contributed by atoms with E-state index < -0.39 is 0 Å². The van der Waals surface area contributed by atoms with Gasteiger partial charge in [-0.25, -0.2) is 0 Å². The number of nitrogens with two attached hydrogens (primary N) is 1. The molecule has 0 heterocycles. The van der Waals surface area contributed by atoms with E-state index in [9.17, 15) is 0 Å². The molecule has 1 unspecified atom stereocenters. The van der Waals surface area contributed by atoms with E-state index in [1.165, 1.54) is 19.3 Å². The summed E-state index contributed by atoms with van der Waals surface area (Å²) in [7, 11) is 0. The molecule has 0 aliphatic rings. The fourth-order valence-electron chi connectivity index (χ4n) is 1.27. The monoisotopic (exact) mass is 184 g/mol. The third-order valence-electron chi connectivity index (χ3n) is 2.28. The first-order valence-electron chi connectivity index (χ1n) is 5.37. The minimum atomic E-state index is -0.0508. The Hall–Kier alpha value is -0.370. The van der Waals surface area contributed by atoms with Crippen LogP contribution in [0.2, 0.25) is 0 Å². The van der Waals surface area contributed by atoms with Crippen molar-refractivity contribution in [2.45, 2.75) is 58.9 Å². The molecule has 0 aromatic heterocycles. The third-order valence-corrected chi connectivity index (χ3v) is 2.28. The van der Waals surface area contributed by atoms with Gasteiger partial charge in [-0.1, -0.05) is 33.1 Å². The van der Waals surface area contributed by atoms with Gasteiger partial charge in [0.1, 0.15) is 0 Å². The highest BCUT2D eigenvalue weighted by molar-refractivity contribution is 5.85. The lowest BCUT2D eigenvalue weighted by Gasteiger charge is -2.07. The van der Waals surface area contributed by atoms with Crippen molar-refractivity contribution in [1.29, 1.82) is 5.41 Å². The summed E-state index contributed by atoms with van der Waals surface area (Å²) in [6.45, 7) is 6.39. The quantitative estimate of drug-likeness (QED) is 0.464. The van der Waals surface area contributed by atoms with Crippen molar-refractivity contribution in [2.24, 2.45) is 11.7 Å². The summed E-state index contributed by atoms with van der Waals surface area (Å²) in [6.07, 6.45) is 5.87. The first-order chi connectivity index (χ1) is 6.04. The summed E-state index contributed by atoms with van der Waals surface area (Å²) < 4.78 is 0. The molecule has 0 fully saturated rings. The Balaban J connectivity index is 3.21. The number of hydrogen-bond acceptors (Lipinski definition) is 2. The first-order valence-corrected chi connectivity index (χ1v) is 5.37. The summed E-state index contributed by atoms with van der Waals surface area (Å²) in [4.78, 5) is 0. The summed E-state index contributed by atoms with van der Waals surface area (Å²) in [6, 6.07) is -0.0508. The summed E-state index contributed by atoms with van der Waals surface area (Å²) in [5.74, 6) is 0.813. The van der Waals surface area contributed by atoms with Crippen LogP contribution in [0.15, 0.2) is 0 Å². The predicted octanol–water partition coefficient (Wildman–Crippen LogP) is 2.96. The normalized spacial score (nSPS) is 13.3. The second-order valence-corrected chi connectivity index (χ2v) is 4.31. The van der Waals surface area contributed by atoms with Crippen molar-refractivity contribution in [3.05, 3.63) is 0 Å². The highest BCUT2D eigenvalue weighted by Gasteiger charge is 2.02. The first kappa shape index (κ1) is 12.6. The van der Waals surface area contributed by atoms with E-state index in [1.54, 1.807) is 0 Å². The molecule has 0 rings (SSSR count). The van der Waals surface area contributed by atoms with Crippen LogP contribution in [0.1, 0.15) is 52.9 Å². The molecule has 13 heavy (non-hydrogen) atoms. The minimum Gasteiger partial charge on any atom is -0.323 e. The van der Waals surface area contributed by atoms with Gasteiger partial charge in [0.05, 0.1) is 0 Å². The Morgan fingerprint density at radius 1 is 1.15 bits per heavy atom. The number of nitrogens with one attached hydrogen (secondary N) is 1. The van der Waals surface area contributed by atoms with E-state index in [1.807, 2.05) is 6.92 Å². The minimum absolute atomic E-state index is 0.0508. The van der Waals surface area contributed by atoms with E-state index in [0.717, 1.165) is 18.8 Å². The van der Waals surface area contributed by atoms with Crippen molar-refractivity contribution in [3.63, 3.8) is 0 Å². The number of unbranched alkanes of at least 4 members (excludes halogenated alkanes) is 2. The SMILES string of the molecule is CC(C)CCCCCC(=N)C(C)N. The third kappa shape index (κ3) is 7.97. The van der Waals surface area contributed by atoms with Crippen molar-refractivity contribution in [3.8, 4) is 0 Å². The molecular weight excluding hydrogens is 160 g/mol. The van der Waals surface area contributed by atoms with Gasteiger partial charge in [0.25, 0.3) is 0 Å². The molecule has 0 bridgehead atoms. The molecule has 0 aromatic carbocycles. The van der Waals surface area contributed by atoms with Gasteiger partial charge in [0.2, 0.25) is 0 Å². The summed E-state index contributed by atoms with van der Waals surface area (Å²) in [5, 5.41) is 7.54. The average Bonchev–Trinajstić information content (AvgIpc) is 2.02. The fourth-order valence-corrected chi connectivity index (χ4v) is 1.27. The maximum Gasteiger partial charge on any atom is 0.0394 e. The Morgan fingerprint density at radius 2 is 1.77 bits per heavy atom. The average molecular weight is 184 g/mol. The van der Waals surface area contributed by atoms with Gasteiger partial charge in [-0.2, -0.15) is 0 Å². The zero-order valence-corrected chi connectivity index (χ0v) is 9.27. The van der Waals surface area contributed by atoms with E-state index in [-0.39, 0.29) is 6.04 Å². The van der Waals surface area contributed by atoms with Gasteiger partial charge >= 0.3 is 0 Å². The Labute approximate surface area is 82.4 Å². The van der Waals surface area contributed by atoms with Gasteiger partial charge in [0, 0.05) is 11.8 Å². The summed E-state index contributed by atoms with van der Waals surface area (Å²) >= 11 is 0. The maximum atomic E-state index is 7.54. The Morgan fingerprint density at radius 3 is 2.23 bits per heavy atom. The smallest absolute Gasteiger partial charge is 0.0394 e. The molecule has 0 amide bonds. The summed E-state index contributed by atoms with van der Waals surface area (Å²) in [5.41, 5.74) is 6.27. The molecule has 0 saturated carbocycles. The molecule has 78 valence electrons. The molecule has 2 heteroatoms. The molecule has 0 aliphatic carbocycles. The van der Waals surface area contributed by atoms with Gasteiger partial charge < -0.3 is 11.1 Å². The largest absolute Gasteiger partial charge is 0.323 e. The molecular formula is C11H24N2. The van der Waals surface area contributed by atoms with Crippen LogP contribution in [-0.2, 0) is 0 Å². The molecule has 0 radical (unpaired) electrons. The lowest BCUT2D eigenvalue weighted by Crippen LogP contribution is -2.25. The van der Waals surface area contributed by atoms with Gasteiger partial charge in [-0.05, 0) is 25.7 Å². The second-order valence-electron chi connectivity index (χ2n) is 4.31. The molecule has 0 aliphatic heterocycles. The predicted molar refractivity (Wildman–Crippen MR) is 59.3 cm³/mol. The number of hydrogen-bond donors (Lipinski definition) is 2. The highest BCUT2D eigenvalue weighted by Crippen LogP contribution is 2.09. The van der Waals surface area contributed by atoms with Crippen molar-refractivity contribution in [2.75, 3.05) is 0 Å². The lowest BCUT2D eigenvalue weighted by molar-refractivity contribution is 0.529. The van der Waals surface area contributed by atoms with Crippen LogP contribution < -0.4 is 5.73 Å². The lowest BCUT2D eigenvalue weighted by atomic mass is 10.0. The van der Waals surface area contributed by atoms with Gasteiger partial charge in [-0.3, -0.25) is 0 Å². The van der Waals surface area contributed by atoms with Crippen LogP contribution in [0.4, 0.5) is 0 Å². The van der Waals surface area contributed by atoms with Crippen LogP contribution in [0.5, 0.6) is 0 Å². The Kier molecular flexibility index (Phi) is 6.87. The molecule has 0 spiro atoms. The van der Waals surface area contributed by atoms with Gasteiger partial charge in [-0.15, -0.1) is 0 Å². The van der Waals surface area contributed by atoms with Gasteiger partial charge in [0.15, 0.2) is 0 Å². The molecule has 1 atom stereocenters. The molecule has 0 saturated heterocycles. The van der Waals surface area contributed by atoms with Crippen LogP contribution in [0.3, 0.4) is 0 Å². The van der Waals surface area contributed by atoms with Crippen molar-refractivity contribution in [1.82, 2.24) is 0 Å². The van der Waals surface area contributed by atoms with Crippen molar-refractivity contribution < 1.29 is 0 Å². The molecule has 3 N–H and O–H groups in total. The van der Waals surface area contributed by atoms with E-state index >= 15 is 0 Å². The Bertz CT molecular complexity index is 139. The maximum absolute atomic E-state index is 7.54. The van der Waals surface area contributed by atoms with E-state index in [2.05, 4.69) is 13.8 Å². The van der Waals surface area contributed by atoms with Crippen LogP contribution in [-0.4, -0.2) is 11.8 Å².